The van der Waals surface area contributed by atoms with E-state index in [0.717, 1.165) is 6.92 Å². The normalized spacial score (nSPS) is 28.0. The molecular weight excluding hydrogens is 251 g/mol. The number of ether oxygens (including phenoxy) is 1. The third-order valence-electron chi connectivity index (χ3n) is 2.79. The molecule has 0 saturated heterocycles. The lowest BCUT2D eigenvalue weighted by molar-refractivity contribution is -0.214. The lowest BCUT2D eigenvalue weighted by atomic mass is 9.81. The fraction of sp³-hybridized carbons (Fsp3) is 0.818. The predicted octanol–water partition coefficient (Wildman–Crippen LogP) is 2.53. The SMILES string of the molecule is CCOC(=O)C1(C)ON=C(C(C)C)C1C(F)(F)F. The Balaban J connectivity index is 3.13. The fourth-order valence-electron chi connectivity index (χ4n) is 1.88. The summed E-state index contributed by atoms with van der Waals surface area (Å²) in [5.74, 6) is -3.58. The zero-order valence-corrected chi connectivity index (χ0v) is 10.7. The first-order valence-corrected chi connectivity index (χ1v) is 5.64. The van der Waals surface area contributed by atoms with Gasteiger partial charge in [-0.05, 0) is 19.8 Å². The van der Waals surface area contributed by atoms with E-state index < -0.39 is 29.6 Å². The van der Waals surface area contributed by atoms with Crippen molar-refractivity contribution < 1.29 is 27.5 Å². The summed E-state index contributed by atoms with van der Waals surface area (Å²) in [5, 5.41) is 3.44. The molecule has 1 aliphatic rings. The van der Waals surface area contributed by atoms with Gasteiger partial charge in [-0.2, -0.15) is 13.2 Å². The average molecular weight is 267 g/mol. The van der Waals surface area contributed by atoms with Gasteiger partial charge in [0.15, 0.2) is 0 Å². The number of nitrogens with zero attached hydrogens (tertiary/aromatic N) is 1. The maximum atomic E-state index is 13.1. The summed E-state index contributed by atoms with van der Waals surface area (Å²) in [5.41, 5.74) is -2.31. The summed E-state index contributed by atoms with van der Waals surface area (Å²) in [6.45, 7) is 5.69. The van der Waals surface area contributed by atoms with Gasteiger partial charge in [-0.1, -0.05) is 19.0 Å². The molecule has 2 unspecified atom stereocenters. The molecule has 0 aromatic heterocycles. The van der Waals surface area contributed by atoms with Crippen LogP contribution in [0.5, 0.6) is 0 Å². The molecule has 104 valence electrons. The van der Waals surface area contributed by atoms with Crippen LogP contribution in [-0.4, -0.2) is 30.1 Å². The Morgan fingerprint density at radius 3 is 2.50 bits per heavy atom. The van der Waals surface area contributed by atoms with Gasteiger partial charge < -0.3 is 9.57 Å². The minimum Gasteiger partial charge on any atom is -0.463 e. The van der Waals surface area contributed by atoms with Crippen LogP contribution in [0.2, 0.25) is 0 Å². The standard InChI is InChI=1S/C11H16F3NO3/c1-5-17-9(16)10(4)8(11(12,13)14)7(6(2)3)15-18-10/h6,8H,5H2,1-4H3. The zero-order valence-electron chi connectivity index (χ0n) is 10.7. The highest BCUT2D eigenvalue weighted by molar-refractivity contribution is 5.97. The van der Waals surface area contributed by atoms with E-state index in [9.17, 15) is 18.0 Å². The summed E-state index contributed by atoms with van der Waals surface area (Å²) < 4.78 is 43.9. The van der Waals surface area contributed by atoms with E-state index in [1.54, 1.807) is 13.8 Å². The maximum absolute atomic E-state index is 13.1. The topological polar surface area (TPSA) is 47.9 Å². The van der Waals surface area contributed by atoms with Crippen molar-refractivity contribution in [2.75, 3.05) is 6.61 Å². The smallest absolute Gasteiger partial charge is 0.401 e. The lowest BCUT2D eigenvalue weighted by Crippen LogP contribution is -2.52. The molecule has 7 heteroatoms. The first-order valence-electron chi connectivity index (χ1n) is 5.64. The molecule has 18 heavy (non-hydrogen) atoms. The minimum atomic E-state index is -4.61. The second kappa shape index (κ2) is 4.78. The van der Waals surface area contributed by atoms with Crippen LogP contribution in [0.25, 0.3) is 0 Å². The van der Waals surface area contributed by atoms with Crippen molar-refractivity contribution in [3.05, 3.63) is 0 Å². The van der Waals surface area contributed by atoms with Crippen molar-refractivity contribution in [1.29, 1.82) is 0 Å². The molecular formula is C11H16F3NO3. The molecule has 0 spiro atoms. The van der Waals surface area contributed by atoms with Gasteiger partial charge in [-0.25, -0.2) is 4.79 Å². The molecule has 4 nitrogen and oxygen atoms in total. The molecule has 0 aromatic carbocycles. The average Bonchev–Trinajstić information content (AvgIpc) is 2.57. The number of hydrogen-bond acceptors (Lipinski definition) is 4. The molecule has 0 aromatic rings. The third kappa shape index (κ3) is 2.44. The monoisotopic (exact) mass is 267 g/mol. The zero-order chi connectivity index (χ0) is 14.1. The molecule has 0 saturated carbocycles. The number of carbonyl (C=O) groups excluding carboxylic acids is 1. The van der Waals surface area contributed by atoms with Crippen molar-refractivity contribution in [3.63, 3.8) is 0 Å². The number of hydrogen-bond donors (Lipinski definition) is 0. The fourth-order valence-corrected chi connectivity index (χ4v) is 1.88. The van der Waals surface area contributed by atoms with Crippen LogP contribution in [-0.2, 0) is 14.4 Å². The van der Waals surface area contributed by atoms with Gasteiger partial charge in [-0.3, -0.25) is 0 Å². The van der Waals surface area contributed by atoms with Gasteiger partial charge in [-0.15, -0.1) is 0 Å². The third-order valence-corrected chi connectivity index (χ3v) is 2.79. The number of rotatable bonds is 3. The van der Waals surface area contributed by atoms with Crippen molar-refractivity contribution in [2.24, 2.45) is 17.0 Å². The van der Waals surface area contributed by atoms with Crippen LogP contribution in [0.3, 0.4) is 0 Å². The number of halogens is 3. The van der Waals surface area contributed by atoms with Gasteiger partial charge >= 0.3 is 12.1 Å². The van der Waals surface area contributed by atoms with Gasteiger partial charge in [0.1, 0.15) is 5.92 Å². The van der Waals surface area contributed by atoms with E-state index in [2.05, 4.69) is 9.89 Å². The van der Waals surface area contributed by atoms with Gasteiger partial charge in [0.05, 0.1) is 12.3 Å². The Bertz CT molecular complexity index is 365. The Morgan fingerprint density at radius 2 is 2.11 bits per heavy atom. The lowest BCUT2D eigenvalue weighted by Gasteiger charge is -2.29. The predicted molar refractivity (Wildman–Crippen MR) is 57.9 cm³/mol. The first kappa shape index (κ1) is 14.8. The summed E-state index contributed by atoms with van der Waals surface area (Å²) in [6, 6.07) is 0. The van der Waals surface area contributed by atoms with Crippen molar-refractivity contribution in [1.82, 2.24) is 0 Å². The van der Waals surface area contributed by atoms with E-state index in [4.69, 9.17) is 4.84 Å². The molecule has 0 N–H and O–H groups in total. The van der Waals surface area contributed by atoms with Gasteiger partial charge in [0.25, 0.3) is 0 Å². The molecule has 1 aliphatic heterocycles. The summed E-state index contributed by atoms with van der Waals surface area (Å²) >= 11 is 0. The number of carbonyl (C=O) groups is 1. The van der Waals surface area contributed by atoms with E-state index in [0.29, 0.717) is 0 Å². The van der Waals surface area contributed by atoms with Crippen LogP contribution < -0.4 is 0 Å². The van der Waals surface area contributed by atoms with Crippen molar-refractivity contribution in [2.45, 2.75) is 39.5 Å². The van der Waals surface area contributed by atoms with Gasteiger partial charge in [0.2, 0.25) is 5.60 Å². The molecule has 0 aliphatic carbocycles. The molecule has 1 heterocycles. The minimum absolute atomic E-state index is 0.0145. The van der Waals surface area contributed by atoms with E-state index in [-0.39, 0.29) is 12.3 Å². The Kier molecular flexibility index (Phi) is 3.92. The largest absolute Gasteiger partial charge is 0.463 e. The summed E-state index contributed by atoms with van der Waals surface area (Å²) in [6.07, 6.45) is -4.61. The van der Waals surface area contributed by atoms with E-state index in [1.807, 2.05) is 0 Å². The molecule has 0 radical (unpaired) electrons. The summed E-state index contributed by atoms with van der Waals surface area (Å²) in [4.78, 5) is 16.4. The first-order chi connectivity index (χ1) is 8.14. The second-order valence-corrected chi connectivity index (χ2v) is 4.56. The molecule has 0 bridgehead atoms. The Labute approximate surface area is 103 Å². The van der Waals surface area contributed by atoms with E-state index in [1.165, 1.54) is 6.92 Å². The number of oxime groups is 1. The number of alkyl halides is 3. The van der Waals surface area contributed by atoms with Crippen molar-refractivity contribution >= 4 is 11.7 Å². The number of esters is 1. The maximum Gasteiger partial charge on any atom is 0.401 e. The van der Waals surface area contributed by atoms with E-state index >= 15 is 0 Å². The quantitative estimate of drug-likeness (QED) is 0.738. The van der Waals surface area contributed by atoms with Gasteiger partial charge in [0, 0.05) is 0 Å². The molecule has 0 amide bonds. The van der Waals surface area contributed by atoms with Crippen LogP contribution in [0.15, 0.2) is 5.16 Å². The second-order valence-electron chi connectivity index (χ2n) is 4.56. The van der Waals surface area contributed by atoms with Crippen LogP contribution in [0, 0.1) is 11.8 Å². The molecule has 0 fully saturated rings. The molecule has 2 atom stereocenters. The summed E-state index contributed by atoms with van der Waals surface area (Å²) in [7, 11) is 0. The van der Waals surface area contributed by atoms with Crippen LogP contribution >= 0.6 is 0 Å². The Hall–Kier alpha value is -1.27. The highest BCUT2D eigenvalue weighted by Gasteiger charge is 2.64. The highest BCUT2D eigenvalue weighted by Crippen LogP contribution is 2.44. The van der Waals surface area contributed by atoms with Crippen LogP contribution in [0.4, 0.5) is 13.2 Å². The molecule has 1 rings (SSSR count). The highest BCUT2D eigenvalue weighted by atomic mass is 19.4. The van der Waals surface area contributed by atoms with Crippen LogP contribution in [0.1, 0.15) is 27.7 Å². The Morgan fingerprint density at radius 1 is 1.56 bits per heavy atom. The van der Waals surface area contributed by atoms with Crippen molar-refractivity contribution in [3.8, 4) is 0 Å².